The van der Waals surface area contributed by atoms with Crippen molar-refractivity contribution in [3.63, 3.8) is 0 Å². The first-order valence-corrected chi connectivity index (χ1v) is 11.6. The largest absolute Gasteiger partial charge is 0.497 e. The first-order valence-electron chi connectivity index (χ1n) is 11.2. The smallest absolute Gasteiger partial charge is 0.251 e. The van der Waals surface area contributed by atoms with E-state index in [9.17, 15) is 4.79 Å². The summed E-state index contributed by atoms with van der Waals surface area (Å²) >= 11 is 6.08. The van der Waals surface area contributed by atoms with Crippen molar-refractivity contribution in [3.05, 3.63) is 87.9 Å². The van der Waals surface area contributed by atoms with Crippen LogP contribution in [-0.2, 0) is 13.0 Å². The van der Waals surface area contributed by atoms with Crippen molar-refractivity contribution in [3.8, 4) is 17.2 Å². The molecule has 34 heavy (non-hydrogen) atoms. The zero-order chi connectivity index (χ0) is 24.1. The summed E-state index contributed by atoms with van der Waals surface area (Å²) in [6.45, 7) is 2.05. The molecule has 0 fully saturated rings. The van der Waals surface area contributed by atoms with Gasteiger partial charge in [0.1, 0.15) is 5.75 Å². The van der Waals surface area contributed by atoms with E-state index in [0.717, 1.165) is 30.8 Å². The average Bonchev–Trinajstić information content (AvgIpc) is 2.87. The molecule has 3 aromatic rings. The first-order chi connectivity index (χ1) is 16.5. The first kappa shape index (κ1) is 23.9. The van der Waals surface area contributed by atoms with Gasteiger partial charge >= 0.3 is 0 Å². The van der Waals surface area contributed by atoms with E-state index in [1.54, 1.807) is 45.6 Å². The molecule has 6 nitrogen and oxygen atoms in total. The predicted molar refractivity (Wildman–Crippen MR) is 133 cm³/mol. The monoisotopic (exact) mass is 480 g/mol. The Labute approximate surface area is 205 Å². The third kappa shape index (κ3) is 5.29. The number of hydrogen-bond acceptors (Lipinski definition) is 5. The topological polar surface area (TPSA) is 60.0 Å². The molecule has 0 aliphatic carbocycles. The third-order valence-corrected chi connectivity index (χ3v) is 6.44. The van der Waals surface area contributed by atoms with Crippen LogP contribution in [0.3, 0.4) is 0 Å². The standard InChI is InChI=1S/C27H29ClN2O4/c1-32-22-9-7-18(8-10-22)17-30-12-11-19-14-25(33-2)26(34-3)15-23(19)24(30)16-29-27(31)20-5-4-6-21(28)13-20/h4-10,13-15,24H,11-12,16-17H2,1-3H3,(H,29,31). The molecule has 1 N–H and O–H groups in total. The minimum absolute atomic E-state index is 0.0335. The molecule has 1 aliphatic rings. The van der Waals surface area contributed by atoms with E-state index in [1.165, 1.54) is 11.1 Å². The zero-order valence-corrected chi connectivity index (χ0v) is 20.4. The van der Waals surface area contributed by atoms with E-state index >= 15 is 0 Å². The van der Waals surface area contributed by atoms with Gasteiger partial charge in [0, 0.05) is 30.2 Å². The molecule has 0 aromatic heterocycles. The molecule has 178 valence electrons. The van der Waals surface area contributed by atoms with Crippen LogP contribution < -0.4 is 19.5 Å². The maximum atomic E-state index is 12.9. The number of rotatable bonds is 8. The molecule has 0 bridgehead atoms. The van der Waals surface area contributed by atoms with Gasteiger partial charge in [0.05, 0.1) is 27.4 Å². The van der Waals surface area contributed by atoms with E-state index < -0.39 is 0 Å². The number of carbonyl (C=O) groups is 1. The van der Waals surface area contributed by atoms with Crippen molar-refractivity contribution in [1.29, 1.82) is 0 Å². The van der Waals surface area contributed by atoms with Crippen molar-refractivity contribution < 1.29 is 19.0 Å². The quantitative estimate of drug-likeness (QED) is 0.497. The fourth-order valence-corrected chi connectivity index (χ4v) is 4.59. The van der Waals surface area contributed by atoms with Crippen molar-refractivity contribution in [2.45, 2.75) is 19.0 Å². The summed E-state index contributed by atoms with van der Waals surface area (Å²) in [7, 11) is 4.95. The van der Waals surface area contributed by atoms with Crippen LogP contribution >= 0.6 is 11.6 Å². The van der Waals surface area contributed by atoms with E-state index in [2.05, 4.69) is 22.3 Å². The van der Waals surface area contributed by atoms with Gasteiger partial charge in [0.25, 0.3) is 5.91 Å². The maximum absolute atomic E-state index is 12.9. The molecule has 1 heterocycles. The van der Waals surface area contributed by atoms with Crippen LogP contribution in [0, 0.1) is 0 Å². The molecule has 1 amide bonds. The van der Waals surface area contributed by atoms with E-state index in [0.29, 0.717) is 28.6 Å². The van der Waals surface area contributed by atoms with Crippen LogP contribution in [0.15, 0.2) is 60.7 Å². The number of fused-ring (bicyclic) bond motifs is 1. The lowest BCUT2D eigenvalue weighted by Gasteiger charge is -2.38. The lowest BCUT2D eigenvalue weighted by atomic mass is 9.91. The molecule has 0 spiro atoms. The molecule has 4 rings (SSSR count). The van der Waals surface area contributed by atoms with Gasteiger partial charge in [0.2, 0.25) is 0 Å². The van der Waals surface area contributed by atoms with E-state index in [-0.39, 0.29) is 11.9 Å². The second-order valence-corrected chi connectivity index (χ2v) is 8.65. The molecule has 0 saturated heterocycles. The highest BCUT2D eigenvalue weighted by Crippen LogP contribution is 2.38. The molecule has 0 radical (unpaired) electrons. The summed E-state index contributed by atoms with van der Waals surface area (Å²) in [4.78, 5) is 15.2. The van der Waals surface area contributed by atoms with Crippen LogP contribution in [0.25, 0.3) is 0 Å². The molecule has 1 atom stereocenters. The molecular formula is C27H29ClN2O4. The number of nitrogens with one attached hydrogen (secondary N) is 1. The van der Waals surface area contributed by atoms with Crippen molar-refractivity contribution in [1.82, 2.24) is 10.2 Å². The number of amides is 1. The van der Waals surface area contributed by atoms with Gasteiger partial charge in [-0.3, -0.25) is 9.69 Å². The summed E-state index contributed by atoms with van der Waals surface area (Å²) < 4.78 is 16.4. The van der Waals surface area contributed by atoms with Crippen LogP contribution in [0.2, 0.25) is 5.02 Å². The molecular weight excluding hydrogens is 452 g/mol. The number of nitrogens with zero attached hydrogens (tertiary/aromatic N) is 1. The Morgan fingerprint density at radius 3 is 2.41 bits per heavy atom. The predicted octanol–water partition coefficient (Wildman–Crippen LogP) is 4.90. The Hall–Kier alpha value is -3.22. The zero-order valence-electron chi connectivity index (χ0n) is 19.6. The Balaban J connectivity index is 1.62. The van der Waals surface area contributed by atoms with Gasteiger partial charge in [-0.25, -0.2) is 0 Å². The van der Waals surface area contributed by atoms with Crippen LogP contribution in [0.5, 0.6) is 17.2 Å². The molecule has 1 aliphatic heterocycles. The number of methoxy groups -OCH3 is 3. The van der Waals surface area contributed by atoms with Crippen LogP contribution in [0.1, 0.15) is 33.1 Å². The molecule has 0 saturated carbocycles. The van der Waals surface area contributed by atoms with Gasteiger partial charge in [0.15, 0.2) is 11.5 Å². The maximum Gasteiger partial charge on any atom is 0.251 e. The van der Waals surface area contributed by atoms with E-state index in [1.807, 2.05) is 24.3 Å². The highest BCUT2D eigenvalue weighted by atomic mass is 35.5. The third-order valence-electron chi connectivity index (χ3n) is 6.20. The SMILES string of the molecule is COc1ccc(CN2CCc3cc(OC)c(OC)cc3C2CNC(=O)c2cccc(Cl)c2)cc1. The number of benzene rings is 3. The number of halogens is 1. The second kappa shape index (κ2) is 10.8. The Morgan fingerprint density at radius 1 is 1.00 bits per heavy atom. The van der Waals surface area contributed by atoms with Crippen LogP contribution in [0.4, 0.5) is 0 Å². The highest BCUT2D eigenvalue weighted by molar-refractivity contribution is 6.30. The second-order valence-electron chi connectivity index (χ2n) is 8.21. The number of carbonyl (C=O) groups excluding carboxylic acids is 1. The minimum Gasteiger partial charge on any atom is -0.497 e. The van der Waals surface area contributed by atoms with Crippen molar-refractivity contribution >= 4 is 17.5 Å². The fraction of sp³-hybridized carbons (Fsp3) is 0.296. The lowest BCUT2D eigenvalue weighted by molar-refractivity contribution is 0.0925. The highest BCUT2D eigenvalue weighted by Gasteiger charge is 2.29. The lowest BCUT2D eigenvalue weighted by Crippen LogP contribution is -2.41. The summed E-state index contributed by atoms with van der Waals surface area (Å²) in [6, 6.07) is 19.1. The van der Waals surface area contributed by atoms with Gasteiger partial charge < -0.3 is 19.5 Å². The Kier molecular flexibility index (Phi) is 7.60. The Morgan fingerprint density at radius 2 is 1.74 bits per heavy atom. The number of ether oxygens (including phenoxy) is 3. The summed E-state index contributed by atoms with van der Waals surface area (Å²) in [6.07, 6.45) is 0.880. The van der Waals surface area contributed by atoms with Gasteiger partial charge in [-0.2, -0.15) is 0 Å². The van der Waals surface area contributed by atoms with Crippen molar-refractivity contribution in [2.24, 2.45) is 0 Å². The van der Waals surface area contributed by atoms with Crippen LogP contribution in [-0.4, -0.2) is 45.2 Å². The minimum atomic E-state index is -0.153. The normalized spacial score (nSPS) is 15.4. The van der Waals surface area contributed by atoms with Gasteiger partial charge in [-0.15, -0.1) is 0 Å². The van der Waals surface area contributed by atoms with Gasteiger partial charge in [-0.1, -0.05) is 29.8 Å². The summed E-state index contributed by atoms with van der Waals surface area (Å²) in [5.74, 6) is 2.07. The summed E-state index contributed by atoms with van der Waals surface area (Å²) in [5.41, 5.74) is 4.04. The summed E-state index contributed by atoms with van der Waals surface area (Å²) in [5, 5.41) is 3.64. The van der Waals surface area contributed by atoms with Crippen molar-refractivity contribution in [2.75, 3.05) is 34.4 Å². The molecule has 1 unspecified atom stereocenters. The number of hydrogen-bond donors (Lipinski definition) is 1. The fourth-order valence-electron chi connectivity index (χ4n) is 4.40. The van der Waals surface area contributed by atoms with E-state index in [4.69, 9.17) is 25.8 Å². The average molecular weight is 481 g/mol. The Bertz CT molecular complexity index is 1150. The molecule has 7 heteroatoms. The van der Waals surface area contributed by atoms with Gasteiger partial charge in [-0.05, 0) is 65.6 Å². The molecule has 3 aromatic carbocycles.